The highest BCUT2D eigenvalue weighted by Crippen LogP contribution is 2.21. The molecule has 10 heteroatoms. The number of nitrogens with one attached hydrogen (secondary N) is 4. The molecule has 2 heterocycles. The van der Waals surface area contributed by atoms with Gasteiger partial charge < -0.3 is 25.7 Å². The third-order valence-corrected chi connectivity index (χ3v) is 8.03. The molecule has 1 aromatic heterocycles. The van der Waals surface area contributed by atoms with Gasteiger partial charge in [0.05, 0.1) is 6.04 Å². The van der Waals surface area contributed by atoms with E-state index < -0.39 is 41.5 Å². The topological polar surface area (TPSA) is 147 Å². The minimum Gasteiger partial charge on any atom is -0.451 e. The van der Waals surface area contributed by atoms with Gasteiger partial charge in [0.15, 0.2) is 5.76 Å². The van der Waals surface area contributed by atoms with Crippen molar-refractivity contribution in [1.82, 2.24) is 21.3 Å². The number of rotatable bonds is 11. The summed E-state index contributed by atoms with van der Waals surface area (Å²) in [7, 11) is 0. The Balaban J connectivity index is 1.34. The van der Waals surface area contributed by atoms with Crippen LogP contribution in [0.1, 0.15) is 61.1 Å². The number of carbonyl (C=O) groups is 5. The number of benzene rings is 2. The fourth-order valence-corrected chi connectivity index (χ4v) is 5.70. The van der Waals surface area contributed by atoms with Crippen molar-refractivity contribution in [1.29, 1.82) is 0 Å². The molecule has 220 valence electrons. The van der Waals surface area contributed by atoms with Crippen LogP contribution in [0.5, 0.6) is 0 Å². The van der Waals surface area contributed by atoms with Crippen molar-refractivity contribution >= 4 is 40.4 Å². The Kier molecular flexibility index (Phi) is 9.31. The average molecular weight is 573 g/mol. The van der Waals surface area contributed by atoms with Gasteiger partial charge in [-0.2, -0.15) is 0 Å². The summed E-state index contributed by atoms with van der Waals surface area (Å²) in [5.74, 6) is -3.47. The van der Waals surface area contributed by atoms with Gasteiger partial charge in [-0.3, -0.25) is 24.0 Å². The summed E-state index contributed by atoms with van der Waals surface area (Å²) in [6, 6.07) is 15.6. The van der Waals surface area contributed by atoms with E-state index in [4.69, 9.17) is 4.42 Å². The second kappa shape index (κ2) is 13.5. The number of furan rings is 1. The minimum absolute atomic E-state index is 0.00985. The van der Waals surface area contributed by atoms with Crippen LogP contribution in [0.3, 0.4) is 0 Å². The highest BCUT2D eigenvalue weighted by atomic mass is 16.3. The first-order valence-electron chi connectivity index (χ1n) is 14.6. The molecule has 10 nitrogen and oxygen atoms in total. The van der Waals surface area contributed by atoms with Crippen molar-refractivity contribution in [2.45, 2.75) is 69.5 Å². The highest BCUT2D eigenvalue weighted by molar-refractivity contribution is 6.38. The van der Waals surface area contributed by atoms with Crippen LogP contribution in [0.2, 0.25) is 0 Å². The minimum atomic E-state index is -1.23. The smallest absolute Gasteiger partial charge is 0.289 e. The number of ketones is 1. The first kappa shape index (κ1) is 29.0. The lowest BCUT2D eigenvalue weighted by Crippen LogP contribution is -2.55. The molecular formula is C32H36N4O6. The lowest BCUT2D eigenvalue weighted by Gasteiger charge is -2.26. The molecule has 1 saturated carbocycles. The van der Waals surface area contributed by atoms with Gasteiger partial charge in [0.1, 0.15) is 11.6 Å². The van der Waals surface area contributed by atoms with Crippen LogP contribution in [0.25, 0.3) is 11.0 Å². The number of Topliss-reactive ketones (excluding diaryl/α,β-unsaturated/α-hetero) is 1. The standard InChI is InChI=1S/C32H36N4O6/c37-28(32(41)34-23-12-5-2-6-13-23)24(18-22-15-16-33-29(22)38)35-30(39)25(17-20-9-3-1-4-10-20)36-31(40)27-19-21-11-7-8-14-26(21)42-27/h1,3-4,7-11,14,19,22-25H,2,5-6,12-13,15-18H2,(H,33,38)(H,34,41)(H,35,39)(H,36,40)/t22-,24-,25-/m0/s1. The predicted octanol–water partition coefficient (Wildman–Crippen LogP) is 2.80. The number of hydrogen-bond donors (Lipinski definition) is 4. The van der Waals surface area contributed by atoms with E-state index in [-0.39, 0.29) is 30.6 Å². The van der Waals surface area contributed by atoms with Crippen LogP contribution in [0, 0.1) is 5.92 Å². The van der Waals surface area contributed by atoms with Crippen LogP contribution in [0.15, 0.2) is 65.1 Å². The maximum Gasteiger partial charge on any atom is 0.289 e. The number of hydrogen-bond acceptors (Lipinski definition) is 6. The molecule has 3 atom stereocenters. The fraction of sp³-hybridized carbons (Fsp3) is 0.406. The summed E-state index contributed by atoms with van der Waals surface area (Å²) < 4.78 is 5.69. The summed E-state index contributed by atoms with van der Waals surface area (Å²) in [6.45, 7) is 0.469. The molecule has 2 aliphatic rings. The summed E-state index contributed by atoms with van der Waals surface area (Å²) >= 11 is 0. The van der Waals surface area contributed by atoms with Gasteiger partial charge in [-0.25, -0.2) is 0 Å². The molecule has 0 radical (unpaired) electrons. The van der Waals surface area contributed by atoms with Gasteiger partial charge in [-0.15, -0.1) is 0 Å². The van der Waals surface area contributed by atoms with Gasteiger partial charge in [0, 0.05) is 30.3 Å². The van der Waals surface area contributed by atoms with Gasteiger partial charge >= 0.3 is 0 Å². The SMILES string of the molecule is O=C(NC1CCCCC1)C(=O)[C@H](C[C@@H]1CCNC1=O)NC(=O)[C@H](Cc1ccccc1)NC(=O)c1cc2ccccc2o1. The Bertz CT molecular complexity index is 1410. The lowest BCUT2D eigenvalue weighted by atomic mass is 9.93. The summed E-state index contributed by atoms with van der Waals surface area (Å²) in [5, 5.41) is 11.8. The van der Waals surface area contributed by atoms with E-state index in [0.29, 0.717) is 18.5 Å². The third kappa shape index (κ3) is 7.23. The molecule has 4 amide bonds. The first-order chi connectivity index (χ1) is 20.4. The third-order valence-electron chi connectivity index (χ3n) is 8.03. The second-order valence-corrected chi connectivity index (χ2v) is 11.1. The van der Waals surface area contributed by atoms with Crippen LogP contribution in [-0.4, -0.2) is 54.1 Å². The Hall–Kier alpha value is -4.47. The zero-order chi connectivity index (χ0) is 29.5. The van der Waals surface area contributed by atoms with Crippen molar-refractivity contribution in [3.8, 4) is 0 Å². The number of fused-ring (bicyclic) bond motifs is 1. The van der Waals surface area contributed by atoms with Crippen molar-refractivity contribution in [3.63, 3.8) is 0 Å². The van der Waals surface area contributed by atoms with Crippen LogP contribution in [-0.2, 0) is 25.6 Å². The van der Waals surface area contributed by atoms with Gasteiger partial charge in [0.2, 0.25) is 17.6 Å². The lowest BCUT2D eigenvalue weighted by molar-refractivity contribution is -0.141. The summed E-state index contributed by atoms with van der Waals surface area (Å²) in [6.07, 6.45) is 5.28. The zero-order valence-corrected chi connectivity index (χ0v) is 23.4. The Labute approximate surface area is 244 Å². The van der Waals surface area contributed by atoms with Crippen molar-refractivity contribution in [3.05, 3.63) is 72.0 Å². The van der Waals surface area contributed by atoms with E-state index in [1.807, 2.05) is 42.5 Å². The van der Waals surface area contributed by atoms with E-state index in [0.717, 1.165) is 43.1 Å². The van der Waals surface area contributed by atoms with Gasteiger partial charge in [-0.1, -0.05) is 67.8 Å². The monoisotopic (exact) mass is 572 g/mol. The molecule has 1 aliphatic heterocycles. The number of para-hydroxylation sites is 1. The van der Waals surface area contributed by atoms with Gasteiger partial charge in [-0.05, 0) is 43.4 Å². The normalized spacial score (nSPS) is 18.6. The predicted molar refractivity (Wildman–Crippen MR) is 155 cm³/mol. The maximum absolute atomic E-state index is 13.7. The molecule has 0 spiro atoms. The van der Waals surface area contributed by atoms with Crippen LogP contribution >= 0.6 is 0 Å². The highest BCUT2D eigenvalue weighted by Gasteiger charge is 2.36. The first-order valence-corrected chi connectivity index (χ1v) is 14.6. The second-order valence-electron chi connectivity index (χ2n) is 11.1. The molecule has 1 aliphatic carbocycles. The van der Waals surface area contributed by atoms with Gasteiger partial charge in [0.25, 0.3) is 11.8 Å². The van der Waals surface area contributed by atoms with Crippen LogP contribution in [0.4, 0.5) is 0 Å². The maximum atomic E-state index is 13.7. The molecule has 4 N–H and O–H groups in total. The van der Waals surface area contributed by atoms with Crippen molar-refractivity contribution < 1.29 is 28.4 Å². The number of carbonyl (C=O) groups excluding carboxylic acids is 5. The molecule has 1 saturated heterocycles. The van der Waals surface area contributed by atoms with E-state index >= 15 is 0 Å². The molecule has 2 fully saturated rings. The van der Waals surface area contributed by atoms with Crippen molar-refractivity contribution in [2.75, 3.05) is 6.54 Å². The molecule has 5 rings (SSSR count). The Morgan fingerprint density at radius 1 is 0.881 bits per heavy atom. The Morgan fingerprint density at radius 3 is 2.33 bits per heavy atom. The van der Waals surface area contributed by atoms with E-state index in [2.05, 4.69) is 21.3 Å². The fourth-order valence-electron chi connectivity index (χ4n) is 5.70. The van der Waals surface area contributed by atoms with Crippen LogP contribution < -0.4 is 21.3 Å². The number of amides is 4. The average Bonchev–Trinajstić information content (AvgIpc) is 3.63. The summed E-state index contributed by atoms with van der Waals surface area (Å²) in [5.41, 5.74) is 1.33. The van der Waals surface area contributed by atoms with Crippen molar-refractivity contribution in [2.24, 2.45) is 5.92 Å². The quantitative estimate of drug-likeness (QED) is 0.260. The van der Waals surface area contributed by atoms with E-state index in [1.54, 1.807) is 18.2 Å². The molecular weight excluding hydrogens is 536 g/mol. The largest absolute Gasteiger partial charge is 0.451 e. The van der Waals surface area contributed by atoms with E-state index in [9.17, 15) is 24.0 Å². The Morgan fingerprint density at radius 2 is 1.62 bits per heavy atom. The molecule has 3 aromatic rings. The summed E-state index contributed by atoms with van der Waals surface area (Å²) in [4.78, 5) is 65.7. The molecule has 0 unspecified atom stereocenters. The van der Waals surface area contributed by atoms with E-state index in [1.165, 1.54) is 0 Å². The molecule has 2 aromatic carbocycles. The molecule has 42 heavy (non-hydrogen) atoms. The zero-order valence-electron chi connectivity index (χ0n) is 23.4. The molecule has 0 bridgehead atoms.